The molecule has 17 N–H and O–H groups in total. The molecule has 0 spiro atoms. The fourth-order valence-electron chi connectivity index (χ4n) is 8.02. The molecule has 0 aliphatic carbocycles. The topological polar surface area (TPSA) is 426 Å². The van der Waals surface area contributed by atoms with Crippen molar-refractivity contribution in [2.24, 2.45) is 35.0 Å². The van der Waals surface area contributed by atoms with Gasteiger partial charge in [0.25, 0.3) is 0 Å². The second-order valence-corrected chi connectivity index (χ2v) is 19.9. The maximum absolute atomic E-state index is 14.4. The lowest BCUT2D eigenvalue weighted by molar-refractivity contribution is -0.144. The molecule has 1 fully saturated rings. The summed E-state index contributed by atoms with van der Waals surface area (Å²) in [5, 5.41) is 50.0. The van der Waals surface area contributed by atoms with Crippen molar-refractivity contribution >= 4 is 65.1 Å². The largest absolute Gasteiger partial charge is 0.481 e. The molecule has 26 heteroatoms. The van der Waals surface area contributed by atoms with Crippen molar-refractivity contribution in [2.75, 3.05) is 19.6 Å². The maximum atomic E-state index is 14.4. The van der Waals surface area contributed by atoms with Crippen LogP contribution >= 0.6 is 0 Å². The molecule has 1 saturated heterocycles. The van der Waals surface area contributed by atoms with Crippen molar-refractivity contribution in [3.05, 3.63) is 0 Å². The third-order valence-electron chi connectivity index (χ3n) is 13.4. The predicted molar refractivity (Wildman–Crippen MR) is 275 cm³/mol. The average Bonchev–Trinajstić information content (AvgIpc) is 3.86. The molecule has 0 radical (unpaired) electrons. The third-order valence-corrected chi connectivity index (χ3v) is 13.4. The van der Waals surface area contributed by atoms with Gasteiger partial charge in [-0.25, -0.2) is 4.79 Å². The summed E-state index contributed by atoms with van der Waals surface area (Å²) < 4.78 is 0. The maximum Gasteiger partial charge on any atom is 0.326 e. The van der Waals surface area contributed by atoms with E-state index in [-0.39, 0.29) is 51.2 Å². The van der Waals surface area contributed by atoms with Crippen LogP contribution in [0.2, 0.25) is 0 Å². The van der Waals surface area contributed by atoms with Gasteiger partial charge in [-0.1, -0.05) is 54.4 Å². The molecule has 0 aromatic rings. The standard InChI is InChI=1S/C49H88N12O14/c1-10-26(5)36(52)46(71)54-28(7)40(65)55-33(20-21-35(63)64)42(67)56-31(17-12-14-22-50)44(69)60-39(30(9)62)47(72)57-32(18-13-15-23-51)43(68)59-38(27(6)11-2)48(73)61-24-16-19-34(61)45(70)53-29(8)41(66)58-37(25(3)4)49(74)75/h25-34,36-39,62H,10-24,50-52H2,1-9H3,(H,53,70)(H,54,71)(H,55,65)(H,56,67)(H,57,72)(H,58,66)(H,59,68)(H,60,69)(H,63,64)(H,74,75)/t26-,27-,28-,29-,30+,31-,32-,33-,34-,36-,37-,38-,39-/m0/s1. The smallest absolute Gasteiger partial charge is 0.326 e. The van der Waals surface area contributed by atoms with Crippen LogP contribution in [0.25, 0.3) is 0 Å². The Morgan fingerprint density at radius 1 is 0.547 bits per heavy atom. The molecule has 428 valence electrons. The molecule has 75 heavy (non-hydrogen) atoms. The van der Waals surface area contributed by atoms with E-state index in [0.717, 1.165) is 0 Å². The Morgan fingerprint density at radius 3 is 1.48 bits per heavy atom. The lowest BCUT2D eigenvalue weighted by Crippen LogP contribution is -2.62. The van der Waals surface area contributed by atoms with Crippen molar-refractivity contribution in [1.29, 1.82) is 0 Å². The van der Waals surface area contributed by atoms with Crippen LogP contribution in [-0.2, 0) is 52.7 Å². The predicted octanol–water partition coefficient (Wildman–Crippen LogP) is -2.44. The van der Waals surface area contributed by atoms with Gasteiger partial charge in [0, 0.05) is 13.0 Å². The van der Waals surface area contributed by atoms with Gasteiger partial charge in [-0.15, -0.1) is 0 Å². The van der Waals surface area contributed by atoms with E-state index in [1.165, 1.54) is 25.7 Å². The zero-order chi connectivity index (χ0) is 57.3. The van der Waals surface area contributed by atoms with Crippen LogP contribution in [0, 0.1) is 17.8 Å². The van der Waals surface area contributed by atoms with Crippen LogP contribution in [0.5, 0.6) is 0 Å². The Labute approximate surface area is 440 Å². The summed E-state index contributed by atoms with van der Waals surface area (Å²) in [6.45, 7) is 14.9. The summed E-state index contributed by atoms with van der Waals surface area (Å²) >= 11 is 0. The highest BCUT2D eigenvalue weighted by Gasteiger charge is 2.41. The van der Waals surface area contributed by atoms with E-state index >= 15 is 0 Å². The number of carboxylic acid groups (broad SMARTS) is 2. The quantitative estimate of drug-likeness (QED) is 0.0293. The molecule has 1 aliphatic heterocycles. The second-order valence-electron chi connectivity index (χ2n) is 19.9. The molecule has 0 aromatic heterocycles. The molecule has 0 bridgehead atoms. The summed E-state index contributed by atoms with van der Waals surface area (Å²) in [7, 11) is 0. The number of likely N-dealkylation sites (tertiary alicyclic amines) is 1. The highest BCUT2D eigenvalue weighted by molar-refractivity contribution is 5.99. The minimum absolute atomic E-state index is 0.000899. The number of carbonyl (C=O) groups excluding carboxylic acids is 9. The highest BCUT2D eigenvalue weighted by atomic mass is 16.4. The summed E-state index contributed by atoms with van der Waals surface area (Å²) in [5.41, 5.74) is 17.4. The van der Waals surface area contributed by atoms with Gasteiger partial charge in [0.15, 0.2) is 0 Å². The molecule has 0 unspecified atom stereocenters. The Morgan fingerprint density at radius 2 is 1.00 bits per heavy atom. The lowest BCUT2D eigenvalue weighted by Gasteiger charge is -2.33. The molecule has 0 aromatic carbocycles. The zero-order valence-corrected chi connectivity index (χ0v) is 45.2. The third kappa shape index (κ3) is 22.4. The number of nitrogens with zero attached hydrogens (tertiary/aromatic N) is 1. The van der Waals surface area contributed by atoms with E-state index in [0.29, 0.717) is 38.5 Å². The molecule has 13 atom stereocenters. The van der Waals surface area contributed by atoms with Crippen LogP contribution in [0.15, 0.2) is 0 Å². The van der Waals surface area contributed by atoms with Crippen LogP contribution in [0.1, 0.15) is 139 Å². The second kappa shape index (κ2) is 33.8. The first kappa shape index (κ1) is 67.0. The SMILES string of the molecule is CC[C@H](C)[C@H](N)C(=O)N[C@@H](C)C(=O)N[C@@H](CCC(=O)O)C(=O)N[C@@H](CCCCN)C(=O)N[C@H](C(=O)N[C@@H](CCCCN)C(=O)N[C@H](C(=O)N1CCC[C@H]1C(=O)N[C@@H](C)C(=O)N[C@H](C(=O)O)C(C)C)[C@@H](C)CC)[C@@H](C)O. The number of hydrogen-bond donors (Lipinski definition) is 14. The number of aliphatic carboxylic acids is 2. The summed E-state index contributed by atoms with van der Waals surface area (Å²) in [6, 6.07) is -12.8. The van der Waals surface area contributed by atoms with Crippen LogP contribution < -0.4 is 59.7 Å². The minimum atomic E-state index is -1.73. The van der Waals surface area contributed by atoms with Crippen LogP contribution in [0.4, 0.5) is 0 Å². The number of unbranched alkanes of at least 4 members (excludes halogenated alkanes) is 2. The number of nitrogens with one attached hydrogen (secondary N) is 8. The van der Waals surface area contributed by atoms with Gasteiger partial charge in [-0.05, 0) is 109 Å². The Balaban J connectivity index is 3.40. The number of amides is 9. The van der Waals surface area contributed by atoms with Crippen molar-refractivity contribution in [3.8, 4) is 0 Å². The fourth-order valence-corrected chi connectivity index (χ4v) is 8.02. The van der Waals surface area contributed by atoms with E-state index in [9.17, 15) is 68.1 Å². The van der Waals surface area contributed by atoms with Gasteiger partial charge in [-0.2, -0.15) is 0 Å². The molecular weight excluding hydrogens is 981 g/mol. The number of rotatable bonds is 35. The van der Waals surface area contributed by atoms with Gasteiger partial charge in [0.1, 0.15) is 54.4 Å². The van der Waals surface area contributed by atoms with E-state index in [1.54, 1.807) is 34.6 Å². The number of aliphatic hydroxyl groups is 1. The summed E-state index contributed by atoms with van der Waals surface area (Å²) in [5.74, 6) is -10.9. The summed E-state index contributed by atoms with van der Waals surface area (Å²) in [4.78, 5) is 147. The van der Waals surface area contributed by atoms with E-state index < -0.39 is 156 Å². The van der Waals surface area contributed by atoms with Crippen molar-refractivity contribution in [1.82, 2.24) is 47.4 Å². The number of hydrogen-bond acceptors (Lipinski definition) is 15. The van der Waals surface area contributed by atoms with E-state index in [4.69, 9.17) is 17.2 Å². The molecule has 0 saturated carbocycles. The van der Waals surface area contributed by atoms with Gasteiger partial charge in [-0.3, -0.25) is 47.9 Å². The molecule has 26 nitrogen and oxygen atoms in total. The number of aliphatic hydroxyl groups excluding tert-OH is 1. The first-order valence-corrected chi connectivity index (χ1v) is 26.2. The van der Waals surface area contributed by atoms with Crippen molar-refractivity contribution < 1.29 is 68.1 Å². The van der Waals surface area contributed by atoms with Gasteiger partial charge in [0.05, 0.1) is 12.1 Å². The molecule has 1 aliphatic rings. The minimum Gasteiger partial charge on any atom is -0.481 e. The number of carboxylic acids is 2. The Bertz CT molecular complexity index is 1940. The number of nitrogens with two attached hydrogens (primary N) is 3. The first-order valence-electron chi connectivity index (χ1n) is 26.2. The lowest BCUT2D eigenvalue weighted by atomic mass is 9.96. The van der Waals surface area contributed by atoms with Crippen molar-refractivity contribution in [2.45, 2.75) is 206 Å². The molecule has 9 amide bonds. The van der Waals surface area contributed by atoms with Crippen molar-refractivity contribution in [3.63, 3.8) is 0 Å². The highest BCUT2D eigenvalue weighted by Crippen LogP contribution is 2.22. The monoisotopic (exact) mass is 1070 g/mol. The first-order chi connectivity index (χ1) is 35.2. The number of carbonyl (C=O) groups is 11. The van der Waals surface area contributed by atoms with E-state index in [1.807, 2.05) is 6.92 Å². The molecular formula is C49H88N12O14. The van der Waals surface area contributed by atoms with Gasteiger partial charge in [0.2, 0.25) is 53.2 Å². The van der Waals surface area contributed by atoms with E-state index in [2.05, 4.69) is 42.5 Å². The van der Waals surface area contributed by atoms with Gasteiger partial charge < -0.3 is 80.0 Å². The normalized spacial score (nSPS) is 18.2. The van der Waals surface area contributed by atoms with Gasteiger partial charge >= 0.3 is 11.9 Å². The average molecular weight is 1070 g/mol. The fraction of sp³-hybridized carbons (Fsp3) is 0.776. The zero-order valence-electron chi connectivity index (χ0n) is 45.2. The van der Waals surface area contributed by atoms with Crippen LogP contribution in [0.3, 0.4) is 0 Å². The molecule has 1 rings (SSSR count). The Hall–Kier alpha value is -5.99. The Kier molecular flexibility index (Phi) is 30.2. The van der Waals surface area contributed by atoms with Crippen LogP contribution in [-0.4, -0.2) is 171 Å². The summed E-state index contributed by atoms with van der Waals surface area (Å²) in [6.07, 6.45) is 0.392. The molecule has 1 heterocycles.